The van der Waals surface area contributed by atoms with Gasteiger partial charge in [0, 0.05) is 18.9 Å². The zero-order valence-corrected chi connectivity index (χ0v) is 8.15. The molecular formula is C7H9BrN2O2. The second kappa shape index (κ2) is 3.71. The summed E-state index contributed by atoms with van der Waals surface area (Å²) in [5.41, 5.74) is 0. The van der Waals surface area contributed by atoms with Crippen LogP contribution in [0.2, 0.25) is 0 Å². The standard InChI is InChI=1S/C7H9BrN2O2/c1-5(6(11)12)4-10-3-2-9-7(10)8/h2-3,5H,4H2,1H3,(H,11,12). The minimum atomic E-state index is -0.796. The van der Waals surface area contributed by atoms with Gasteiger partial charge >= 0.3 is 5.97 Å². The summed E-state index contributed by atoms with van der Waals surface area (Å²) in [7, 11) is 0. The Morgan fingerprint density at radius 3 is 3.00 bits per heavy atom. The summed E-state index contributed by atoms with van der Waals surface area (Å²) in [4.78, 5) is 14.4. The molecule has 0 radical (unpaired) electrons. The van der Waals surface area contributed by atoms with Crippen molar-refractivity contribution < 1.29 is 9.90 Å². The van der Waals surface area contributed by atoms with E-state index in [0.29, 0.717) is 11.3 Å². The zero-order valence-electron chi connectivity index (χ0n) is 6.57. The molecule has 0 bridgehead atoms. The molecule has 0 aliphatic rings. The maximum absolute atomic E-state index is 10.5. The molecule has 0 spiro atoms. The van der Waals surface area contributed by atoms with Gasteiger partial charge in [-0.25, -0.2) is 4.98 Å². The van der Waals surface area contributed by atoms with Crippen molar-refractivity contribution in [3.05, 3.63) is 17.1 Å². The van der Waals surface area contributed by atoms with Crippen LogP contribution in [0, 0.1) is 5.92 Å². The van der Waals surface area contributed by atoms with Gasteiger partial charge in [0.15, 0.2) is 4.73 Å². The van der Waals surface area contributed by atoms with E-state index in [-0.39, 0.29) is 0 Å². The summed E-state index contributed by atoms with van der Waals surface area (Å²) in [6.45, 7) is 2.10. The van der Waals surface area contributed by atoms with E-state index >= 15 is 0 Å². The fourth-order valence-electron chi connectivity index (χ4n) is 0.820. The third-order valence-electron chi connectivity index (χ3n) is 1.56. The molecule has 0 aliphatic heterocycles. The van der Waals surface area contributed by atoms with Gasteiger partial charge in [0.2, 0.25) is 0 Å². The Morgan fingerprint density at radius 1 is 1.92 bits per heavy atom. The maximum Gasteiger partial charge on any atom is 0.308 e. The Kier molecular flexibility index (Phi) is 2.86. The van der Waals surface area contributed by atoms with Crippen LogP contribution in [0.3, 0.4) is 0 Å². The van der Waals surface area contributed by atoms with E-state index in [0.717, 1.165) is 0 Å². The van der Waals surface area contributed by atoms with Gasteiger partial charge in [-0.15, -0.1) is 0 Å². The lowest BCUT2D eigenvalue weighted by molar-refractivity contribution is -0.141. The minimum absolute atomic E-state index is 0.393. The number of imidazole rings is 1. The molecule has 1 heterocycles. The molecule has 0 aliphatic carbocycles. The number of aliphatic carboxylic acids is 1. The van der Waals surface area contributed by atoms with Crippen molar-refractivity contribution in [2.45, 2.75) is 13.5 Å². The van der Waals surface area contributed by atoms with Gasteiger partial charge in [-0.05, 0) is 15.9 Å². The first kappa shape index (κ1) is 9.25. The SMILES string of the molecule is CC(Cn1ccnc1Br)C(=O)O. The van der Waals surface area contributed by atoms with Crippen LogP contribution in [-0.2, 0) is 11.3 Å². The van der Waals surface area contributed by atoms with Crippen molar-refractivity contribution in [2.24, 2.45) is 5.92 Å². The first-order chi connectivity index (χ1) is 5.61. The maximum atomic E-state index is 10.5. The summed E-state index contributed by atoms with van der Waals surface area (Å²) in [5.74, 6) is -1.19. The molecule has 1 rings (SSSR count). The smallest absolute Gasteiger partial charge is 0.308 e. The summed E-state index contributed by atoms with van der Waals surface area (Å²) in [5, 5.41) is 8.62. The molecule has 1 atom stereocenters. The second-order valence-electron chi connectivity index (χ2n) is 2.59. The number of carboxylic acid groups (broad SMARTS) is 1. The van der Waals surface area contributed by atoms with Crippen LogP contribution in [0.5, 0.6) is 0 Å². The monoisotopic (exact) mass is 232 g/mol. The van der Waals surface area contributed by atoms with E-state index in [2.05, 4.69) is 20.9 Å². The van der Waals surface area contributed by atoms with Crippen molar-refractivity contribution in [2.75, 3.05) is 0 Å². The predicted molar refractivity (Wildman–Crippen MR) is 46.7 cm³/mol. The van der Waals surface area contributed by atoms with Gasteiger partial charge in [0.1, 0.15) is 0 Å². The van der Waals surface area contributed by atoms with Crippen LogP contribution >= 0.6 is 15.9 Å². The molecule has 0 aromatic carbocycles. The Hall–Kier alpha value is -0.840. The molecule has 0 amide bonds. The first-order valence-electron chi connectivity index (χ1n) is 3.50. The quantitative estimate of drug-likeness (QED) is 0.857. The number of hydrogen-bond donors (Lipinski definition) is 1. The normalized spacial score (nSPS) is 12.8. The molecule has 0 fully saturated rings. The highest BCUT2D eigenvalue weighted by Gasteiger charge is 2.12. The highest BCUT2D eigenvalue weighted by Crippen LogP contribution is 2.09. The van der Waals surface area contributed by atoms with Crippen LogP contribution in [0.1, 0.15) is 6.92 Å². The number of halogens is 1. The lowest BCUT2D eigenvalue weighted by atomic mass is 10.2. The van der Waals surface area contributed by atoms with Crippen LogP contribution < -0.4 is 0 Å². The predicted octanol–water partition coefficient (Wildman–Crippen LogP) is 1.37. The summed E-state index contributed by atoms with van der Waals surface area (Å²) >= 11 is 3.20. The Labute approximate surface area is 78.4 Å². The van der Waals surface area contributed by atoms with E-state index in [1.807, 2.05) is 0 Å². The van der Waals surface area contributed by atoms with E-state index in [4.69, 9.17) is 5.11 Å². The lowest BCUT2D eigenvalue weighted by Gasteiger charge is -2.07. The molecule has 4 nitrogen and oxygen atoms in total. The summed E-state index contributed by atoms with van der Waals surface area (Å²) in [6, 6.07) is 0. The molecule has 1 aromatic heterocycles. The number of rotatable bonds is 3. The first-order valence-corrected chi connectivity index (χ1v) is 4.30. The number of carboxylic acids is 1. The largest absolute Gasteiger partial charge is 0.481 e. The lowest BCUT2D eigenvalue weighted by Crippen LogP contribution is -2.16. The average molecular weight is 233 g/mol. The second-order valence-corrected chi connectivity index (χ2v) is 3.30. The molecule has 1 aromatic rings. The topological polar surface area (TPSA) is 55.1 Å². The van der Waals surface area contributed by atoms with Crippen LogP contribution in [0.4, 0.5) is 0 Å². The molecule has 0 saturated carbocycles. The van der Waals surface area contributed by atoms with Crippen LogP contribution in [0.15, 0.2) is 17.1 Å². The number of aromatic nitrogens is 2. The summed E-state index contributed by atoms with van der Waals surface area (Å²) < 4.78 is 2.41. The molecule has 0 saturated heterocycles. The molecule has 1 N–H and O–H groups in total. The van der Waals surface area contributed by atoms with Crippen molar-refractivity contribution in [1.29, 1.82) is 0 Å². The molecule has 12 heavy (non-hydrogen) atoms. The van der Waals surface area contributed by atoms with Crippen molar-refractivity contribution in [1.82, 2.24) is 9.55 Å². The Bertz CT molecular complexity index is 285. The van der Waals surface area contributed by atoms with Gasteiger partial charge in [-0.1, -0.05) is 6.92 Å². The molecule has 1 unspecified atom stereocenters. The van der Waals surface area contributed by atoms with E-state index in [9.17, 15) is 4.79 Å². The van der Waals surface area contributed by atoms with Crippen molar-refractivity contribution in [3.8, 4) is 0 Å². The van der Waals surface area contributed by atoms with Crippen LogP contribution in [0.25, 0.3) is 0 Å². The fraction of sp³-hybridized carbons (Fsp3) is 0.429. The number of nitrogens with zero attached hydrogens (tertiary/aromatic N) is 2. The van der Waals surface area contributed by atoms with Gasteiger partial charge in [-0.3, -0.25) is 4.79 Å². The third-order valence-corrected chi connectivity index (χ3v) is 2.22. The Morgan fingerprint density at radius 2 is 2.58 bits per heavy atom. The molecule has 66 valence electrons. The van der Waals surface area contributed by atoms with Crippen molar-refractivity contribution in [3.63, 3.8) is 0 Å². The van der Waals surface area contributed by atoms with Gasteiger partial charge < -0.3 is 9.67 Å². The zero-order chi connectivity index (χ0) is 9.14. The van der Waals surface area contributed by atoms with Gasteiger partial charge in [0.25, 0.3) is 0 Å². The Balaban J connectivity index is 2.64. The number of carbonyl (C=O) groups is 1. The highest BCUT2D eigenvalue weighted by atomic mass is 79.9. The van der Waals surface area contributed by atoms with Crippen molar-refractivity contribution >= 4 is 21.9 Å². The van der Waals surface area contributed by atoms with E-state index < -0.39 is 11.9 Å². The minimum Gasteiger partial charge on any atom is -0.481 e. The van der Waals surface area contributed by atoms with E-state index in [1.165, 1.54) is 0 Å². The average Bonchev–Trinajstić information content (AvgIpc) is 2.36. The number of hydrogen-bond acceptors (Lipinski definition) is 2. The van der Waals surface area contributed by atoms with Gasteiger partial charge in [-0.2, -0.15) is 0 Å². The third kappa shape index (κ3) is 2.07. The molecular weight excluding hydrogens is 224 g/mol. The highest BCUT2D eigenvalue weighted by molar-refractivity contribution is 9.10. The van der Waals surface area contributed by atoms with Crippen LogP contribution in [-0.4, -0.2) is 20.6 Å². The molecule has 5 heteroatoms. The fourth-order valence-corrected chi connectivity index (χ4v) is 1.20. The van der Waals surface area contributed by atoms with Gasteiger partial charge in [0.05, 0.1) is 5.92 Å². The van der Waals surface area contributed by atoms with E-state index in [1.54, 1.807) is 23.9 Å². The summed E-state index contributed by atoms with van der Waals surface area (Å²) in [6.07, 6.45) is 3.36.